The van der Waals surface area contributed by atoms with Gasteiger partial charge in [0.15, 0.2) is 0 Å². The lowest BCUT2D eigenvalue weighted by Gasteiger charge is -2.10. The van der Waals surface area contributed by atoms with Crippen molar-refractivity contribution in [3.8, 4) is 6.07 Å². The molecule has 0 saturated heterocycles. The van der Waals surface area contributed by atoms with E-state index in [9.17, 15) is 0 Å². The molecule has 2 rings (SSSR count). The van der Waals surface area contributed by atoms with Gasteiger partial charge in [-0.3, -0.25) is 0 Å². The smallest absolute Gasteiger partial charge is 0.0991 e. The van der Waals surface area contributed by atoms with Crippen LogP contribution in [0, 0.1) is 11.3 Å². The van der Waals surface area contributed by atoms with Gasteiger partial charge in [-0.2, -0.15) is 5.26 Å². The van der Waals surface area contributed by atoms with Crippen LogP contribution in [0.2, 0.25) is 0 Å². The first-order valence-electron chi connectivity index (χ1n) is 5.00. The molecule has 0 amide bonds. The molecule has 2 aromatic carbocycles. The summed E-state index contributed by atoms with van der Waals surface area (Å²) in [6.07, 6.45) is 0. The van der Waals surface area contributed by atoms with Gasteiger partial charge in [0.1, 0.15) is 0 Å². The summed E-state index contributed by atoms with van der Waals surface area (Å²) < 4.78 is 0.339. The van der Waals surface area contributed by atoms with Crippen LogP contribution in [0.4, 0.5) is 0 Å². The highest BCUT2D eigenvalue weighted by Gasteiger charge is 2.08. The van der Waals surface area contributed by atoms with Crippen LogP contribution in [0.25, 0.3) is 0 Å². The summed E-state index contributed by atoms with van der Waals surface area (Å²) in [4.78, 5) is 0. The molecule has 0 bridgehead atoms. The Kier molecular flexibility index (Phi) is 3.58. The lowest BCUT2D eigenvalue weighted by molar-refractivity contribution is 1.20. The van der Waals surface area contributed by atoms with Gasteiger partial charge in [0.05, 0.1) is 15.6 Å². The molecule has 0 aliphatic heterocycles. The Morgan fingerprint density at radius 2 is 1.44 bits per heavy atom. The summed E-state index contributed by atoms with van der Waals surface area (Å²) in [5.41, 5.74) is 3.22. The van der Waals surface area contributed by atoms with Crippen molar-refractivity contribution in [3.05, 3.63) is 71.3 Å². The van der Waals surface area contributed by atoms with Gasteiger partial charge in [0.2, 0.25) is 0 Å². The molecule has 2 aromatic rings. The molecule has 0 aliphatic rings. The van der Waals surface area contributed by atoms with Crippen molar-refractivity contribution in [2.45, 2.75) is 3.92 Å². The standard InChI is InChI=1S/C14H10IN/c15-14(12-4-2-1-3-5-12)13-8-6-11(10-16)7-9-13/h1-9,14H/t14-/m0/s1. The molecule has 0 heterocycles. The Labute approximate surface area is 109 Å². The molecule has 16 heavy (non-hydrogen) atoms. The van der Waals surface area contributed by atoms with Crippen LogP contribution in [0.5, 0.6) is 0 Å². The average Bonchev–Trinajstić information content (AvgIpc) is 2.39. The topological polar surface area (TPSA) is 23.8 Å². The van der Waals surface area contributed by atoms with Gasteiger partial charge >= 0.3 is 0 Å². The Balaban J connectivity index is 2.28. The zero-order valence-corrected chi connectivity index (χ0v) is 10.8. The Hall–Kier alpha value is -1.34. The van der Waals surface area contributed by atoms with Gasteiger partial charge in [-0.25, -0.2) is 0 Å². The highest BCUT2D eigenvalue weighted by atomic mass is 127. The van der Waals surface area contributed by atoms with E-state index in [1.54, 1.807) is 0 Å². The second kappa shape index (κ2) is 5.13. The van der Waals surface area contributed by atoms with E-state index in [4.69, 9.17) is 5.26 Å². The molecule has 0 fully saturated rings. The molecule has 0 radical (unpaired) electrons. The summed E-state index contributed by atoms with van der Waals surface area (Å²) in [6, 6.07) is 20.2. The molecule has 0 spiro atoms. The van der Waals surface area contributed by atoms with E-state index in [-0.39, 0.29) is 0 Å². The van der Waals surface area contributed by atoms with E-state index in [0.717, 1.165) is 0 Å². The van der Waals surface area contributed by atoms with Gasteiger partial charge < -0.3 is 0 Å². The fourth-order valence-corrected chi connectivity index (χ4v) is 2.37. The van der Waals surface area contributed by atoms with E-state index < -0.39 is 0 Å². The lowest BCUT2D eigenvalue weighted by atomic mass is 10.0. The normalized spacial score (nSPS) is 11.8. The maximum atomic E-state index is 8.73. The molecule has 0 saturated carbocycles. The fourth-order valence-electron chi connectivity index (χ4n) is 1.54. The van der Waals surface area contributed by atoms with Gasteiger partial charge in [-0.1, -0.05) is 65.1 Å². The Morgan fingerprint density at radius 1 is 0.875 bits per heavy atom. The summed E-state index contributed by atoms with van der Waals surface area (Å²) in [5, 5.41) is 8.73. The zero-order valence-electron chi connectivity index (χ0n) is 8.60. The molecule has 0 N–H and O–H groups in total. The number of nitrogens with zero attached hydrogens (tertiary/aromatic N) is 1. The second-order valence-corrected chi connectivity index (χ2v) is 4.75. The second-order valence-electron chi connectivity index (χ2n) is 3.51. The molecular weight excluding hydrogens is 309 g/mol. The first-order chi connectivity index (χ1) is 7.81. The minimum Gasteiger partial charge on any atom is -0.192 e. The average molecular weight is 319 g/mol. The molecule has 0 unspecified atom stereocenters. The largest absolute Gasteiger partial charge is 0.192 e. The molecule has 0 aromatic heterocycles. The first kappa shape index (κ1) is 11.2. The van der Waals surface area contributed by atoms with Crippen molar-refractivity contribution >= 4 is 22.6 Å². The van der Waals surface area contributed by atoms with Crippen LogP contribution < -0.4 is 0 Å². The summed E-state index contributed by atoms with van der Waals surface area (Å²) in [7, 11) is 0. The molecule has 0 aliphatic carbocycles. The highest BCUT2D eigenvalue weighted by molar-refractivity contribution is 14.1. The molecular formula is C14H10IN. The number of nitriles is 1. The van der Waals surface area contributed by atoms with Crippen molar-refractivity contribution in [3.63, 3.8) is 0 Å². The zero-order chi connectivity index (χ0) is 11.4. The number of hydrogen-bond donors (Lipinski definition) is 0. The van der Waals surface area contributed by atoms with E-state index in [2.05, 4.69) is 40.8 Å². The van der Waals surface area contributed by atoms with Crippen LogP contribution in [-0.2, 0) is 0 Å². The maximum absolute atomic E-state index is 8.73. The summed E-state index contributed by atoms with van der Waals surface area (Å²) in [6.45, 7) is 0. The van der Waals surface area contributed by atoms with E-state index in [0.29, 0.717) is 9.49 Å². The lowest BCUT2D eigenvalue weighted by Crippen LogP contribution is -1.91. The summed E-state index contributed by atoms with van der Waals surface area (Å²) >= 11 is 2.41. The van der Waals surface area contributed by atoms with Crippen LogP contribution in [-0.4, -0.2) is 0 Å². The third kappa shape index (κ3) is 2.42. The van der Waals surface area contributed by atoms with Crippen LogP contribution in [0.1, 0.15) is 20.6 Å². The minimum absolute atomic E-state index is 0.339. The fraction of sp³-hybridized carbons (Fsp3) is 0.0714. The SMILES string of the molecule is N#Cc1ccc([C@@H](I)c2ccccc2)cc1. The van der Waals surface area contributed by atoms with Gasteiger partial charge in [-0.15, -0.1) is 0 Å². The predicted octanol–water partition coefficient (Wildman–Crippen LogP) is 4.08. The third-order valence-electron chi connectivity index (χ3n) is 2.42. The minimum atomic E-state index is 0.339. The van der Waals surface area contributed by atoms with E-state index in [1.165, 1.54) is 11.1 Å². The van der Waals surface area contributed by atoms with Crippen molar-refractivity contribution < 1.29 is 0 Å². The maximum Gasteiger partial charge on any atom is 0.0991 e. The molecule has 1 atom stereocenters. The van der Waals surface area contributed by atoms with Crippen LogP contribution in [0.15, 0.2) is 54.6 Å². The molecule has 2 heteroatoms. The highest BCUT2D eigenvalue weighted by Crippen LogP contribution is 2.30. The predicted molar refractivity (Wildman–Crippen MR) is 73.5 cm³/mol. The Morgan fingerprint density at radius 3 is 2.00 bits per heavy atom. The van der Waals surface area contributed by atoms with Gasteiger partial charge in [0, 0.05) is 0 Å². The number of alkyl halides is 1. The third-order valence-corrected chi connectivity index (χ3v) is 3.86. The molecule has 1 nitrogen and oxygen atoms in total. The monoisotopic (exact) mass is 319 g/mol. The van der Waals surface area contributed by atoms with Crippen molar-refractivity contribution in [1.29, 1.82) is 5.26 Å². The van der Waals surface area contributed by atoms with Crippen molar-refractivity contribution in [1.82, 2.24) is 0 Å². The van der Waals surface area contributed by atoms with Gasteiger partial charge in [0.25, 0.3) is 0 Å². The Bertz CT molecular complexity index is 497. The number of halogens is 1. The number of benzene rings is 2. The van der Waals surface area contributed by atoms with E-state index in [1.807, 2.05) is 42.5 Å². The number of rotatable bonds is 2. The van der Waals surface area contributed by atoms with Crippen LogP contribution in [0.3, 0.4) is 0 Å². The quantitative estimate of drug-likeness (QED) is 0.604. The summed E-state index contributed by atoms with van der Waals surface area (Å²) in [5.74, 6) is 0. The van der Waals surface area contributed by atoms with Gasteiger partial charge in [-0.05, 0) is 23.3 Å². The van der Waals surface area contributed by atoms with Crippen molar-refractivity contribution in [2.24, 2.45) is 0 Å². The van der Waals surface area contributed by atoms with Crippen molar-refractivity contribution in [2.75, 3.05) is 0 Å². The van der Waals surface area contributed by atoms with E-state index >= 15 is 0 Å². The molecule has 78 valence electrons. The van der Waals surface area contributed by atoms with Crippen LogP contribution >= 0.6 is 22.6 Å². The number of hydrogen-bond acceptors (Lipinski definition) is 1. The first-order valence-corrected chi connectivity index (χ1v) is 6.25.